The molecule has 0 aliphatic carbocycles. The molecule has 0 radical (unpaired) electrons. The number of halogens is 1. The Labute approximate surface area is 107 Å². The normalized spacial score (nSPS) is 23.4. The summed E-state index contributed by atoms with van der Waals surface area (Å²) in [5.74, 6) is -0.649. The number of likely N-dealkylation sites (N-methyl/N-ethyl adjacent to an activating group) is 1. The Balaban J connectivity index is 2.26. The van der Waals surface area contributed by atoms with Crippen LogP contribution in [0.25, 0.3) is 0 Å². The van der Waals surface area contributed by atoms with Crippen LogP contribution in [0.15, 0.2) is 24.3 Å². The van der Waals surface area contributed by atoms with Crippen LogP contribution in [0.3, 0.4) is 0 Å². The average Bonchev–Trinajstić information content (AvgIpc) is 2.71. The molecule has 1 aromatic rings. The van der Waals surface area contributed by atoms with E-state index in [0.717, 1.165) is 19.4 Å². The van der Waals surface area contributed by atoms with Crippen LogP contribution in [0.1, 0.15) is 30.1 Å². The fourth-order valence-corrected chi connectivity index (χ4v) is 2.71. The van der Waals surface area contributed by atoms with E-state index in [1.54, 1.807) is 23.1 Å². The van der Waals surface area contributed by atoms with E-state index in [1.807, 2.05) is 7.05 Å². The predicted octanol–water partition coefficient (Wildman–Crippen LogP) is 2.04. The number of nitrogens with one attached hydrogen (secondary N) is 1. The molecule has 1 heterocycles. The van der Waals surface area contributed by atoms with Crippen molar-refractivity contribution in [3.05, 3.63) is 35.6 Å². The zero-order valence-electron chi connectivity index (χ0n) is 10.9. The summed E-state index contributed by atoms with van der Waals surface area (Å²) < 4.78 is 13.7. The molecule has 1 aliphatic heterocycles. The lowest BCUT2D eigenvalue weighted by molar-refractivity contribution is 0.0621. The predicted molar refractivity (Wildman–Crippen MR) is 69.0 cm³/mol. The van der Waals surface area contributed by atoms with Crippen LogP contribution in [0.4, 0.5) is 4.39 Å². The molecule has 1 aliphatic rings. The summed E-state index contributed by atoms with van der Waals surface area (Å²) in [6.07, 6.45) is 1.92. The van der Waals surface area contributed by atoms with Gasteiger partial charge in [-0.25, -0.2) is 4.39 Å². The zero-order valence-corrected chi connectivity index (χ0v) is 10.9. The largest absolute Gasteiger partial charge is 0.332 e. The van der Waals surface area contributed by atoms with Gasteiger partial charge in [-0.3, -0.25) is 4.79 Å². The molecule has 0 saturated carbocycles. The van der Waals surface area contributed by atoms with Gasteiger partial charge in [0, 0.05) is 13.1 Å². The molecule has 0 spiro atoms. The topological polar surface area (TPSA) is 32.3 Å². The number of nitrogens with zero attached hydrogens (tertiary/aromatic N) is 1. The molecular formula is C14H19FN2O. The first-order valence-corrected chi connectivity index (χ1v) is 6.29. The van der Waals surface area contributed by atoms with Gasteiger partial charge in [0.15, 0.2) is 0 Å². The van der Waals surface area contributed by atoms with Crippen LogP contribution < -0.4 is 5.32 Å². The molecule has 1 saturated heterocycles. The smallest absolute Gasteiger partial charge is 0.257 e. The second-order valence-electron chi connectivity index (χ2n) is 5.07. The highest BCUT2D eigenvalue weighted by atomic mass is 19.1. The fraction of sp³-hybridized carbons (Fsp3) is 0.500. The fourth-order valence-electron chi connectivity index (χ4n) is 2.71. The minimum absolute atomic E-state index is 0.168. The van der Waals surface area contributed by atoms with Gasteiger partial charge in [-0.1, -0.05) is 12.1 Å². The molecule has 98 valence electrons. The third-order valence-corrected chi connectivity index (χ3v) is 3.66. The van der Waals surface area contributed by atoms with Gasteiger partial charge >= 0.3 is 0 Å². The Morgan fingerprint density at radius 1 is 1.50 bits per heavy atom. The highest BCUT2D eigenvalue weighted by molar-refractivity contribution is 5.95. The van der Waals surface area contributed by atoms with Gasteiger partial charge < -0.3 is 10.2 Å². The van der Waals surface area contributed by atoms with E-state index in [1.165, 1.54) is 6.07 Å². The van der Waals surface area contributed by atoms with Crippen LogP contribution >= 0.6 is 0 Å². The van der Waals surface area contributed by atoms with Crippen LogP contribution in [0, 0.1) is 5.82 Å². The van der Waals surface area contributed by atoms with Crippen molar-refractivity contribution in [2.75, 3.05) is 20.1 Å². The second kappa shape index (κ2) is 5.06. The Bertz CT molecular complexity index is 449. The van der Waals surface area contributed by atoms with Crippen molar-refractivity contribution >= 4 is 5.91 Å². The van der Waals surface area contributed by atoms with Crippen LogP contribution in [-0.2, 0) is 0 Å². The quantitative estimate of drug-likeness (QED) is 0.890. The van der Waals surface area contributed by atoms with Crippen LogP contribution in [0.5, 0.6) is 0 Å². The summed E-state index contributed by atoms with van der Waals surface area (Å²) in [6.45, 7) is 3.48. The Morgan fingerprint density at radius 2 is 2.22 bits per heavy atom. The van der Waals surface area contributed by atoms with Crippen molar-refractivity contribution in [2.45, 2.75) is 25.3 Å². The number of amides is 1. The zero-order chi connectivity index (χ0) is 13.2. The number of carbonyl (C=O) groups is 1. The minimum Gasteiger partial charge on any atom is -0.332 e. The first kappa shape index (κ1) is 13.0. The van der Waals surface area contributed by atoms with Gasteiger partial charge in [0.25, 0.3) is 5.91 Å². The minimum atomic E-state index is -0.443. The molecule has 1 N–H and O–H groups in total. The van der Waals surface area contributed by atoms with Crippen molar-refractivity contribution in [3.8, 4) is 0 Å². The molecular weight excluding hydrogens is 231 g/mol. The summed E-state index contributed by atoms with van der Waals surface area (Å²) in [4.78, 5) is 14.2. The Hall–Kier alpha value is -1.42. The number of benzene rings is 1. The SMILES string of the molecule is CNCC1(C)CCCN1C(=O)c1ccccc1F. The molecule has 0 bridgehead atoms. The van der Waals surface area contributed by atoms with Gasteiger partial charge in [-0.15, -0.1) is 0 Å². The lowest BCUT2D eigenvalue weighted by atomic mass is 9.98. The second-order valence-corrected chi connectivity index (χ2v) is 5.07. The van der Waals surface area contributed by atoms with E-state index < -0.39 is 5.82 Å². The maximum absolute atomic E-state index is 13.7. The molecule has 1 unspecified atom stereocenters. The van der Waals surface area contributed by atoms with Crippen molar-refractivity contribution in [2.24, 2.45) is 0 Å². The lowest BCUT2D eigenvalue weighted by Gasteiger charge is -2.35. The number of likely N-dealkylation sites (tertiary alicyclic amines) is 1. The summed E-state index contributed by atoms with van der Waals surface area (Å²) in [5, 5.41) is 3.11. The number of carbonyl (C=O) groups excluding carboxylic acids is 1. The molecule has 18 heavy (non-hydrogen) atoms. The van der Waals surface area contributed by atoms with Gasteiger partial charge in [-0.05, 0) is 38.9 Å². The monoisotopic (exact) mass is 250 g/mol. The molecule has 1 aromatic carbocycles. The van der Waals surface area contributed by atoms with E-state index in [2.05, 4.69) is 12.2 Å². The van der Waals surface area contributed by atoms with Crippen molar-refractivity contribution in [3.63, 3.8) is 0 Å². The Kier molecular flexibility index (Phi) is 3.66. The van der Waals surface area contributed by atoms with E-state index in [0.29, 0.717) is 6.54 Å². The highest BCUT2D eigenvalue weighted by Gasteiger charge is 2.39. The number of hydrogen-bond acceptors (Lipinski definition) is 2. The van der Waals surface area contributed by atoms with E-state index in [9.17, 15) is 9.18 Å². The van der Waals surface area contributed by atoms with Gasteiger partial charge in [0.1, 0.15) is 5.82 Å². The maximum Gasteiger partial charge on any atom is 0.257 e. The maximum atomic E-state index is 13.7. The molecule has 1 atom stereocenters. The molecule has 3 nitrogen and oxygen atoms in total. The Morgan fingerprint density at radius 3 is 2.89 bits per heavy atom. The summed E-state index contributed by atoms with van der Waals surface area (Å²) >= 11 is 0. The summed E-state index contributed by atoms with van der Waals surface area (Å²) in [5.41, 5.74) is -0.0459. The van der Waals surface area contributed by atoms with E-state index >= 15 is 0 Å². The van der Waals surface area contributed by atoms with Gasteiger partial charge in [0.2, 0.25) is 0 Å². The standard InChI is InChI=1S/C14H19FN2O/c1-14(10-16-2)8-5-9-17(14)13(18)11-6-3-4-7-12(11)15/h3-4,6-7,16H,5,8-10H2,1-2H3. The summed E-state index contributed by atoms with van der Waals surface area (Å²) in [7, 11) is 1.87. The van der Waals surface area contributed by atoms with Crippen LogP contribution in [-0.4, -0.2) is 36.5 Å². The van der Waals surface area contributed by atoms with Crippen molar-refractivity contribution in [1.82, 2.24) is 10.2 Å². The molecule has 1 amide bonds. The van der Waals surface area contributed by atoms with E-state index in [4.69, 9.17) is 0 Å². The van der Waals surface area contributed by atoms with Crippen molar-refractivity contribution < 1.29 is 9.18 Å². The third kappa shape index (κ3) is 2.25. The van der Waals surface area contributed by atoms with Gasteiger partial charge in [0.05, 0.1) is 11.1 Å². The lowest BCUT2D eigenvalue weighted by Crippen LogP contribution is -2.50. The first-order chi connectivity index (χ1) is 8.58. The van der Waals surface area contributed by atoms with E-state index in [-0.39, 0.29) is 17.0 Å². The first-order valence-electron chi connectivity index (χ1n) is 6.29. The molecule has 4 heteroatoms. The average molecular weight is 250 g/mol. The number of rotatable bonds is 3. The summed E-state index contributed by atoms with van der Waals surface area (Å²) in [6, 6.07) is 6.18. The molecule has 0 aromatic heterocycles. The van der Waals surface area contributed by atoms with Crippen LogP contribution in [0.2, 0.25) is 0 Å². The molecule has 1 fully saturated rings. The highest BCUT2D eigenvalue weighted by Crippen LogP contribution is 2.30. The van der Waals surface area contributed by atoms with Gasteiger partial charge in [-0.2, -0.15) is 0 Å². The number of hydrogen-bond donors (Lipinski definition) is 1. The third-order valence-electron chi connectivity index (χ3n) is 3.66. The van der Waals surface area contributed by atoms with Crippen molar-refractivity contribution in [1.29, 1.82) is 0 Å². The molecule has 2 rings (SSSR count).